The van der Waals surface area contributed by atoms with Gasteiger partial charge in [0.1, 0.15) is 5.75 Å². The van der Waals surface area contributed by atoms with Crippen molar-refractivity contribution >= 4 is 11.6 Å². The van der Waals surface area contributed by atoms with E-state index in [2.05, 4.69) is 16.9 Å². The molecule has 0 atom stereocenters. The fourth-order valence-electron chi connectivity index (χ4n) is 2.61. The maximum atomic E-state index is 6.01. The van der Waals surface area contributed by atoms with Crippen molar-refractivity contribution in [1.29, 1.82) is 0 Å². The predicted molar refractivity (Wildman–Crippen MR) is 105 cm³/mol. The van der Waals surface area contributed by atoms with Gasteiger partial charge in [0.25, 0.3) is 0 Å². The lowest BCUT2D eigenvalue weighted by Crippen LogP contribution is -2.22. The molecular formula is C20H25N3O3. The molecule has 0 unspecified atom stereocenters. The van der Waals surface area contributed by atoms with Gasteiger partial charge in [-0.1, -0.05) is 18.2 Å². The van der Waals surface area contributed by atoms with Crippen molar-refractivity contribution < 1.29 is 14.2 Å². The fraction of sp³-hybridized carbons (Fsp3) is 0.250. The van der Waals surface area contributed by atoms with Gasteiger partial charge in [-0.05, 0) is 36.2 Å². The van der Waals surface area contributed by atoms with E-state index in [9.17, 15) is 0 Å². The molecule has 26 heavy (non-hydrogen) atoms. The van der Waals surface area contributed by atoms with Crippen LogP contribution in [0.3, 0.4) is 0 Å². The predicted octanol–water partition coefficient (Wildman–Crippen LogP) is 3.37. The zero-order valence-corrected chi connectivity index (χ0v) is 15.4. The molecule has 0 amide bonds. The van der Waals surface area contributed by atoms with Gasteiger partial charge in [0, 0.05) is 5.56 Å². The first-order chi connectivity index (χ1) is 12.6. The van der Waals surface area contributed by atoms with Crippen molar-refractivity contribution in [2.45, 2.75) is 13.0 Å². The number of rotatable bonds is 8. The number of methoxy groups -OCH3 is 3. The van der Waals surface area contributed by atoms with Gasteiger partial charge in [-0.25, -0.2) is 4.99 Å². The normalized spacial score (nSPS) is 11.0. The molecule has 138 valence electrons. The Kier molecular flexibility index (Phi) is 6.91. The molecule has 0 radical (unpaired) electrons. The van der Waals surface area contributed by atoms with E-state index in [1.54, 1.807) is 21.3 Å². The maximum absolute atomic E-state index is 6.01. The highest BCUT2D eigenvalue weighted by molar-refractivity contribution is 5.93. The third-order valence-corrected chi connectivity index (χ3v) is 3.78. The van der Waals surface area contributed by atoms with Crippen LogP contribution in [0.1, 0.15) is 11.1 Å². The molecular weight excluding hydrogens is 330 g/mol. The molecule has 0 saturated heterocycles. The number of anilines is 1. The average Bonchev–Trinajstić information content (AvgIpc) is 2.66. The lowest BCUT2D eigenvalue weighted by Gasteiger charge is -2.14. The molecule has 0 aliphatic heterocycles. The number of nitrogens with zero attached hydrogens (tertiary/aromatic N) is 1. The summed E-state index contributed by atoms with van der Waals surface area (Å²) in [7, 11) is 4.84. The Morgan fingerprint density at radius 1 is 1.12 bits per heavy atom. The Hall–Kier alpha value is -3.15. The molecule has 0 bridgehead atoms. The first kappa shape index (κ1) is 19.2. The lowest BCUT2D eigenvalue weighted by atomic mass is 10.1. The summed E-state index contributed by atoms with van der Waals surface area (Å²) < 4.78 is 16.2. The maximum Gasteiger partial charge on any atom is 0.193 e. The minimum absolute atomic E-state index is 0.301. The molecule has 6 heteroatoms. The van der Waals surface area contributed by atoms with Crippen molar-refractivity contribution in [2.75, 3.05) is 26.6 Å². The van der Waals surface area contributed by atoms with Gasteiger partial charge in [0.05, 0.1) is 33.6 Å². The van der Waals surface area contributed by atoms with Crippen LogP contribution in [0.15, 0.2) is 54.0 Å². The quantitative estimate of drug-likeness (QED) is 0.431. The summed E-state index contributed by atoms with van der Waals surface area (Å²) in [6.45, 7) is 4.19. The number of ether oxygens (including phenoxy) is 3. The van der Waals surface area contributed by atoms with Crippen molar-refractivity contribution in [3.05, 3.63) is 60.2 Å². The Balaban J connectivity index is 2.20. The van der Waals surface area contributed by atoms with Crippen LogP contribution in [0.5, 0.6) is 17.2 Å². The zero-order chi connectivity index (χ0) is 18.9. The number of guanidine groups is 1. The summed E-state index contributed by atoms with van der Waals surface area (Å²) in [5.74, 6) is 2.37. The smallest absolute Gasteiger partial charge is 0.193 e. The SMILES string of the molecule is C=CCc1cc(CN=C(N)Nc2ccccc2OC)cc(OC)c1OC. The number of benzene rings is 2. The monoisotopic (exact) mass is 355 g/mol. The Morgan fingerprint density at radius 2 is 1.85 bits per heavy atom. The fourth-order valence-corrected chi connectivity index (χ4v) is 2.61. The van der Waals surface area contributed by atoms with Crippen LogP contribution in [-0.4, -0.2) is 27.3 Å². The highest BCUT2D eigenvalue weighted by Gasteiger charge is 2.11. The molecule has 0 aromatic heterocycles. The molecule has 0 fully saturated rings. The standard InChI is InChI=1S/C20H25N3O3/c1-5-8-15-11-14(12-18(25-3)19(15)26-4)13-22-20(21)23-16-9-6-7-10-17(16)24-2/h5-7,9-12H,1,8,13H2,2-4H3,(H3,21,22,23). The molecule has 0 aliphatic carbocycles. The Bertz CT molecular complexity index is 788. The molecule has 0 heterocycles. The third kappa shape index (κ3) is 4.69. The zero-order valence-electron chi connectivity index (χ0n) is 15.4. The van der Waals surface area contributed by atoms with E-state index in [-0.39, 0.29) is 0 Å². The second kappa shape index (κ2) is 9.36. The van der Waals surface area contributed by atoms with Crippen LogP contribution in [0.2, 0.25) is 0 Å². The molecule has 0 aliphatic rings. The van der Waals surface area contributed by atoms with E-state index in [0.717, 1.165) is 16.8 Å². The third-order valence-electron chi connectivity index (χ3n) is 3.78. The number of nitrogens with two attached hydrogens (primary N) is 1. The Labute approximate surface area is 154 Å². The molecule has 3 N–H and O–H groups in total. The number of allylic oxidation sites excluding steroid dienone is 1. The highest BCUT2D eigenvalue weighted by atomic mass is 16.5. The minimum atomic E-state index is 0.301. The van der Waals surface area contributed by atoms with E-state index in [1.165, 1.54) is 0 Å². The van der Waals surface area contributed by atoms with Crippen molar-refractivity contribution in [3.63, 3.8) is 0 Å². The van der Waals surface area contributed by atoms with Crippen LogP contribution in [-0.2, 0) is 13.0 Å². The summed E-state index contributed by atoms with van der Waals surface area (Å²) in [6, 6.07) is 11.4. The van der Waals surface area contributed by atoms with E-state index < -0.39 is 0 Å². The molecule has 2 aromatic carbocycles. The van der Waals surface area contributed by atoms with Crippen LogP contribution >= 0.6 is 0 Å². The molecule has 0 spiro atoms. The average molecular weight is 355 g/mol. The molecule has 2 aromatic rings. The second-order valence-electron chi connectivity index (χ2n) is 5.51. The molecule has 2 rings (SSSR count). The van der Waals surface area contributed by atoms with Gasteiger partial charge in [-0.3, -0.25) is 0 Å². The van der Waals surface area contributed by atoms with Gasteiger partial charge in [-0.2, -0.15) is 0 Å². The molecule has 0 saturated carbocycles. The van der Waals surface area contributed by atoms with Crippen LogP contribution in [0, 0.1) is 0 Å². The van der Waals surface area contributed by atoms with Crippen molar-refractivity contribution in [1.82, 2.24) is 0 Å². The van der Waals surface area contributed by atoms with Crippen molar-refractivity contribution in [2.24, 2.45) is 10.7 Å². The number of nitrogens with one attached hydrogen (secondary N) is 1. The van der Waals surface area contributed by atoms with E-state index >= 15 is 0 Å². The van der Waals surface area contributed by atoms with Crippen molar-refractivity contribution in [3.8, 4) is 17.2 Å². The topological polar surface area (TPSA) is 78.1 Å². The summed E-state index contributed by atoms with van der Waals surface area (Å²) >= 11 is 0. The van der Waals surface area contributed by atoms with Gasteiger partial charge in [0.15, 0.2) is 17.5 Å². The van der Waals surface area contributed by atoms with E-state index in [0.29, 0.717) is 36.2 Å². The summed E-state index contributed by atoms with van der Waals surface area (Å²) in [5, 5.41) is 3.05. The minimum Gasteiger partial charge on any atom is -0.495 e. The number of hydrogen-bond acceptors (Lipinski definition) is 4. The van der Waals surface area contributed by atoms with Crippen LogP contribution < -0.4 is 25.3 Å². The van der Waals surface area contributed by atoms with Gasteiger partial charge in [0.2, 0.25) is 0 Å². The van der Waals surface area contributed by atoms with Gasteiger partial charge >= 0.3 is 0 Å². The number of para-hydroxylation sites is 2. The van der Waals surface area contributed by atoms with Gasteiger partial charge < -0.3 is 25.3 Å². The van der Waals surface area contributed by atoms with E-state index in [1.807, 2.05) is 42.5 Å². The van der Waals surface area contributed by atoms with E-state index in [4.69, 9.17) is 19.9 Å². The first-order valence-electron chi connectivity index (χ1n) is 8.17. The number of hydrogen-bond donors (Lipinski definition) is 2. The van der Waals surface area contributed by atoms with Gasteiger partial charge in [-0.15, -0.1) is 6.58 Å². The second-order valence-corrected chi connectivity index (χ2v) is 5.51. The van der Waals surface area contributed by atoms with Crippen LogP contribution in [0.25, 0.3) is 0 Å². The largest absolute Gasteiger partial charge is 0.495 e. The van der Waals surface area contributed by atoms with Crippen LogP contribution in [0.4, 0.5) is 5.69 Å². The summed E-state index contributed by atoms with van der Waals surface area (Å²) in [4.78, 5) is 4.40. The first-order valence-corrected chi connectivity index (χ1v) is 8.17. The number of aliphatic imine (C=N–C) groups is 1. The summed E-state index contributed by atoms with van der Waals surface area (Å²) in [6.07, 6.45) is 2.49. The molecule has 6 nitrogen and oxygen atoms in total. The summed E-state index contributed by atoms with van der Waals surface area (Å²) in [5.41, 5.74) is 8.72. The highest BCUT2D eigenvalue weighted by Crippen LogP contribution is 2.33. The Morgan fingerprint density at radius 3 is 2.50 bits per heavy atom. The lowest BCUT2D eigenvalue weighted by molar-refractivity contribution is 0.352.